The fourth-order valence-electron chi connectivity index (χ4n) is 1.55. The fraction of sp³-hybridized carbons (Fsp3) is 0.417. The van der Waals surface area contributed by atoms with Crippen molar-refractivity contribution in [2.75, 3.05) is 0 Å². The molecule has 0 aliphatic rings. The predicted molar refractivity (Wildman–Crippen MR) is 62.7 cm³/mol. The molecule has 1 amide bonds. The fourth-order valence-corrected chi connectivity index (χ4v) is 1.55. The second-order valence-electron chi connectivity index (χ2n) is 3.80. The van der Waals surface area contributed by atoms with Gasteiger partial charge in [0.1, 0.15) is 0 Å². The van der Waals surface area contributed by atoms with Gasteiger partial charge in [-0.3, -0.25) is 14.6 Å². The number of carbonyl (C=O) groups is 2. The van der Waals surface area contributed by atoms with Crippen LogP contribution >= 0.6 is 0 Å². The third-order valence-electron chi connectivity index (χ3n) is 2.32. The third kappa shape index (κ3) is 4.63. The number of aromatic nitrogens is 1. The molecule has 1 atom stereocenters. The lowest BCUT2D eigenvalue weighted by atomic mass is 10.1. The molecule has 0 aliphatic carbocycles. The standard InChI is InChI=1S/C12H16N2O3/c1-2-4-10(7-11(15)16)14-12(17)9-5-3-6-13-8-9/h3,5-6,8,10H,2,4,7H2,1H3,(H,14,17)(H,15,16). The quantitative estimate of drug-likeness (QED) is 0.783. The van der Waals surface area contributed by atoms with E-state index in [4.69, 9.17) is 5.11 Å². The number of carboxylic acid groups (broad SMARTS) is 1. The molecule has 1 aromatic heterocycles. The lowest BCUT2D eigenvalue weighted by Gasteiger charge is -2.15. The van der Waals surface area contributed by atoms with Crippen LogP contribution in [0.1, 0.15) is 36.5 Å². The number of amides is 1. The number of pyridine rings is 1. The molecule has 17 heavy (non-hydrogen) atoms. The van der Waals surface area contributed by atoms with Crippen LogP contribution in [0.15, 0.2) is 24.5 Å². The normalized spacial score (nSPS) is 11.8. The average molecular weight is 236 g/mol. The molecule has 2 N–H and O–H groups in total. The first-order valence-electron chi connectivity index (χ1n) is 5.56. The second-order valence-corrected chi connectivity index (χ2v) is 3.80. The van der Waals surface area contributed by atoms with Crippen molar-refractivity contribution in [3.63, 3.8) is 0 Å². The van der Waals surface area contributed by atoms with Crippen LogP contribution in [-0.4, -0.2) is 28.0 Å². The molecule has 0 saturated carbocycles. The Hall–Kier alpha value is -1.91. The summed E-state index contributed by atoms with van der Waals surface area (Å²) in [5.41, 5.74) is 0.444. The van der Waals surface area contributed by atoms with Gasteiger partial charge in [-0.25, -0.2) is 0 Å². The van der Waals surface area contributed by atoms with Gasteiger partial charge in [0.15, 0.2) is 0 Å². The molecular formula is C12H16N2O3. The average Bonchev–Trinajstić information content (AvgIpc) is 2.29. The van der Waals surface area contributed by atoms with E-state index in [0.717, 1.165) is 6.42 Å². The van der Waals surface area contributed by atoms with E-state index in [1.807, 2.05) is 6.92 Å². The molecule has 92 valence electrons. The number of nitrogens with one attached hydrogen (secondary N) is 1. The molecular weight excluding hydrogens is 220 g/mol. The number of rotatable bonds is 6. The Morgan fingerprint density at radius 2 is 2.29 bits per heavy atom. The van der Waals surface area contributed by atoms with E-state index in [-0.39, 0.29) is 18.4 Å². The van der Waals surface area contributed by atoms with Crippen molar-refractivity contribution in [1.82, 2.24) is 10.3 Å². The molecule has 5 heteroatoms. The number of hydrogen-bond acceptors (Lipinski definition) is 3. The van der Waals surface area contributed by atoms with Crippen molar-refractivity contribution >= 4 is 11.9 Å². The molecule has 0 spiro atoms. The SMILES string of the molecule is CCCC(CC(=O)O)NC(=O)c1cccnc1. The van der Waals surface area contributed by atoms with Gasteiger partial charge < -0.3 is 10.4 Å². The van der Waals surface area contributed by atoms with Crippen molar-refractivity contribution in [1.29, 1.82) is 0 Å². The van der Waals surface area contributed by atoms with E-state index in [2.05, 4.69) is 10.3 Å². The molecule has 1 aromatic rings. The molecule has 0 radical (unpaired) electrons. The lowest BCUT2D eigenvalue weighted by Crippen LogP contribution is -2.36. The number of hydrogen-bond donors (Lipinski definition) is 2. The Morgan fingerprint density at radius 1 is 1.53 bits per heavy atom. The smallest absolute Gasteiger partial charge is 0.305 e. The van der Waals surface area contributed by atoms with Crippen LogP contribution in [0.4, 0.5) is 0 Å². The van der Waals surface area contributed by atoms with Gasteiger partial charge in [0.05, 0.1) is 12.0 Å². The molecule has 0 fully saturated rings. The van der Waals surface area contributed by atoms with Crippen molar-refractivity contribution in [3.05, 3.63) is 30.1 Å². The summed E-state index contributed by atoms with van der Waals surface area (Å²) in [6.07, 6.45) is 4.46. The maximum atomic E-state index is 11.8. The molecule has 0 bridgehead atoms. The van der Waals surface area contributed by atoms with Crippen LogP contribution in [0.2, 0.25) is 0 Å². The van der Waals surface area contributed by atoms with Crippen molar-refractivity contribution in [2.24, 2.45) is 0 Å². The molecule has 0 aliphatic heterocycles. The highest BCUT2D eigenvalue weighted by atomic mass is 16.4. The summed E-state index contributed by atoms with van der Waals surface area (Å²) in [6.45, 7) is 1.95. The molecule has 0 saturated heterocycles. The first-order chi connectivity index (χ1) is 8.13. The van der Waals surface area contributed by atoms with Gasteiger partial charge >= 0.3 is 5.97 Å². The summed E-state index contributed by atoms with van der Waals surface area (Å²) >= 11 is 0. The van der Waals surface area contributed by atoms with E-state index in [1.165, 1.54) is 6.20 Å². The molecule has 0 aromatic carbocycles. The van der Waals surface area contributed by atoms with Crippen LogP contribution in [0, 0.1) is 0 Å². The second kappa shape index (κ2) is 6.62. The first kappa shape index (κ1) is 13.2. The monoisotopic (exact) mass is 236 g/mol. The minimum Gasteiger partial charge on any atom is -0.481 e. The number of aliphatic carboxylic acids is 1. The highest BCUT2D eigenvalue weighted by Gasteiger charge is 2.15. The molecule has 1 unspecified atom stereocenters. The number of carboxylic acids is 1. The Balaban J connectivity index is 2.60. The minimum atomic E-state index is -0.907. The van der Waals surface area contributed by atoms with Crippen LogP contribution in [-0.2, 0) is 4.79 Å². The van der Waals surface area contributed by atoms with Gasteiger partial charge in [-0.1, -0.05) is 13.3 Å². The Labute approximate surface area is 99.9 Å². The largest absolute Gasteiger partial charge is 0.481 e. The third-order valence-corrected chi connectivity index (χ3v) is 2.32. The summed E-state index contributed by atoms with van der Waals surface area (Å²) in [5.74, 6) is -1.19. The summed E-state index contributed by atoms with van der Waals surface area (Å²) in [6, 6.07) is 2.98. The Morgan fingerprint density at radius 3 is 2.82 bits per heavy atom. The molecule has 1 rings (SSSR count). The highest BCUT2D eigenvalue weighted by Crippen LogP contribution is 2.04. The topological polar surface area (TPSA) is 79.3 Å². The lowest BCUT2D eigenvalue weighted by molar-refractivity contribution is -0.137. The zero-order chi connectivity index (χ0) is 12.7. The van der Waals surface area contributed by atoms with E-state index >= 15 is 0 Å². The van der Waals surface area contributed by atoms with Gasteiger partial charge in [0, 0.05) is 18.4 Å². The zero-order valence-electron chi connectivity index (χ0n) is 9.72. The van der Waals surface area contributed by atoms with Gasteiger partial charge in [-0.2, -0.15) is 0 Å². The van der Waals surface area contributed by atoms with Crippen molar-refractivity contribution < 1.29 is 14.7 Å². The van der Waals surface area contributed by atoms with Crippen LogP contribution in [0.3, 0.4) is 0 Å². The highest BCUT2D eigenvalue weighted by molar-refractivity contribution is 5.94. The summed E-state index contributed by atoms with van der Waals surface area (Å²) in [4.78, 5) is 26.2. The van der Waals surface area contributed by atoms with E-state index < -0.39 is 5.97 Å². The summed E-state index contributed by atoms with van der Waals surface area (Å²) < 4.78 is 0. The maximum absolute atomic E-state index is 11.8. The molecule has 5 nitrogen and oxygen atoms in total. The summed E-state index contributed by atoms with van der Waals surface area (Å²) in [7, 11) is 0. The van der Waals surface area contributed by atoms with E-state index in [1.54, 1.807) is 18.3 Å². The van der Waals surface area contributed by atoms with Crippen molar-refractivity contribution in [2.45, 2.75) is 32.2 Å². The van der Waals surface area contributed by atoms with Gasteiger partial charge in [-0.15, -0.1) is 0 Å². The van der Waals surface area contributed by atoms with Crippen LogP contribution in [0.5, 0.6) is 0 Å². The van der Waals surface area contributed by atoms with Gasteiger partial charge in [-0.05, 0) is 18.6 Å². The zero-order valence-corrected chi connectivity index (χ0v) is 9.72. The van der Waals surface area contributed by atoms with Crippen LogP contribution in [0.25, 0.3) is 0 Å². The Kier molecular flexibility index (Phi) is 5.13. The van der Waals surface area contributed by atoms with Crippen molar-refractivity contribution in [3.8, 4) is 0 Å². The maximum Gasteiger partial charge on any atom is 0.305 e. The van der Waals surface area contributed by atoms with E-state index in [9.17, 15) is 9.59 Å². The van der Waals surface area contributed by atoms with Crippen LogP contribution < -0.4 is 5.32 Å². The van der Waals surface area contributed by atoms with Gasteiger partial charge in [0.2, 0.25) is 0 Å². The summed E-state index contributed by atoms with van der Waals surface area (Å²) in [5, 5.41) is 11.4. The number of carbonyl (C=O) groups excluding carboxylic acids is 1. The minimum absolute atomic E-state index is 0.0557. The first-order valence-corrected chi connectivity index (χ1v) is 5.56. The van der Waals surface area contributed by atoms with E-state index in [0.29, 0.717) is 12.0 Å². The Bertz CT molecular complexity index is 379. The predicted octanol–water partition coefficient (Wildman–Crippen LogP) is 1.45. The molecule has 1 heterocycles. The van der Waals surface area contributed by atoms with Gasteiger partial charge in [0.25, 0.3) is 5.91 Å². The number of nitrogens with zero attached hydrogens (tertiary/aromatic N) is 1.